The molecule has 7 nitrogen and oxygen atoms in total. The first-order valence-corrected chi connectivity index (χ1v) is 9.87. The molecule has 7 heteroatoms. The number of nitrogens with one attached hydrogen (secondary N) is 1. The highest BCUT2D eigenvalue weighted by molar-refractivity contribution is 5.96. The molecule has 1 aromatic heterocycles. The Morgan fingerprint density at radius 1 is 1.13 bits per heavy atom. The van der Waals surface area contributed by atoms with Crippen LogP contribution in [0, 0.1) is 0 Å². The molecular formula is C23H24N2O5. The summed E-state index contributed by atoms with van der Waals surface area (Å²) in [4.78, 5) is 17.5. The quantitative estimate of drug-likeness (QED) is 0.674. The number of nitrogens with zero attached hydrogens (tertiary/aromatic N) is 1. The minimum Gasteiger partial charge on any atom is -0.493 e. The molecule has 1 aliphatic rings. The second-order valence-corrected chi connectivity index (χ2v) is 7.00. The fraction of sp³-hybridized carbons (Fsp3) is 0.304. The summed E-state index contributed by atoms with van der Waals surface area (Å²) in [6.45, 7) is 1.20. The van der Waals surface area contributed by atoms with Crippen molar-refractivity contribution >= 4 is 22.6 Å². The SMILES string of the molecule is COc1ccc(N=c2oc3ccccc3cc2C(=O)NC[C@@H]2CCCO2)cc1OC. The molecule has 2 aromatic carbocycles. The maximum Gasteiger partial charge on any atom is 0.256 e. The lowest BCUT2D eigenvalue weighted by molar-refractivity contribution is 0.0854. The van der Waals surface area contributed by atoms with Crippen molar-refractivity contribution in [3.8, 4) is 11.5 Å². The molecule has 2 heterocycles. The van der Waals surface area contributed by atoms with E-state index in [1.807, 2.05) is 24.3 Å². The molecule has 156 valence electrons. The molecule has 1 fully saturated rings. The Morgan fingerprint density at radius 2 is 1.97 bits per heavy atom. The van der Waals surface area contributed by atoms with Gasteiger partial charge in [-0.2, -0.15) is 0 Å². The van der Waals surface area contributed by atoms with Crippen LogP contribution in [-0.4, -0.2) is 39.4 Å². The van der Waals surface area contributed by atoms with Crippen LogP contribution in [0.25, 0.3) is 11.0 Å². The minimum atomic E-state index is -0.251. The van der Waals surface area contributed by atoms with Crippen molar-refractivity contribution in [2.24, 2.45) is 4.99 Å². The fourth-order valence-corrected chi connectivity index (χ4v) is 3.43. The van der Waals surface area contributed by atoms with E-state index < -0.39 is 0 Å². The number of hydrogen-bond acceptors (Lipinski definition) is 6. The number of carbonyl (C=O) groups excluding carboxylic acids is 1. The molecular weight excluding hydrogens is 384 g/mol. The van der Waals surface area contributed by atoms with Crippen molar-refractivity contribution in [1.29, 1.82) is 0 Å². The van der Waals surface area contributed by atoms with E-state index >= 15 is 0 Å². The summed E-state index contributed by atoms with van der Waals surface area (Å²) in [6.07, 6.45) is 2.02. The van der Waals surface area contributed by atoms with Crippen molar-refractivity contribution in [2.75, 3.05) is 27.4 Å². The van der Waals surface area contributed by atoms with E-state index in [9.17, 15) is 4.79 Å². The minimum absolute atomic E-state index is 0.0533. The van der Waals surface area contributed by atoms with Gasteiger partial charge in [-0.25, -0.2) is 4.99 Å². The van der Waals surface area contributed by atoms with Gasteiger partial charge in [-0.3, -0.25) is 4.79 Å². The van der Waals surface area contributed by atoms with E-state index in [1.165, 1.54) is 0 Å². The van der Waals surface area contributed by atoms with Crippen LogP contribution in [0.2, 0.25) is 0 Å². The van der Waals surface area contributed by atoms with Gasteiger partial charge in [0.2, 0.25) is 5.55 Å². The molecule has 0 aliphatic carbocycles. The highest BCUT2D eigenvalue weighted by atomic mass is 16.5. The number of benzene rings is 2. The summed E-state index contributed by atoms with van der Waals surface area (Å²) in [7, 11) is 3.13. The van der Waals surface area contributed by atoms with Crippen LogP contribution in [0.3, 0.4) is 0 Å². The van der Waals surface area contributed by atoms with Crippen LogP contribution in [0.1, 0.15) is 23.2 Å². The predicted octanol–water partition coefficient (Wildman–Crippen LogP) is 3.59. The van der Waals surface area contributed by atoms with E-state index in [1.54, 1.807) is 38.5 Å². The summed E-state index contributed by atoms with van der Waals surface area (Å²) in [5.41, 5.74) is 1.82. The molecule has 1 aliphatic heterocycles. The van der Waals surface area contributed by atoms with Crippen LogP contribution >= 0.6 is 0 Å². The first-order chi connectivity index (χ1) is 14.7. The molecule has 0 bridgehead atoms. The molecule has 0 unspecified atom stereocenters. The normalized spacial score (nSPS) is 16.6. The molecule has 0 saturated carbocycles. The Kier molecular flexibility index (Phi) is 5.99. The van der Waals surface area contributed by atoms with Crippen LogP contribution in [-0.2, 0) is 4.74 Å². The van der Waals surface area contributed by atoms with Gasteiger partial charge in [0, 0.05) is 24.6 Å². The largest absolute Gasteiger partial charge is 0.493 e. The average Bonchev–Trinajstić information content (AvgIpc) is 3.30. The molecule has 1 saturated heterocycles. The first kappa shape index (κ1) is 20.0. The van der Waals surface area contributed by atoms with Gasteiger partial charge in [0.05, 0.1) is 26.0 Å². The summed E-state index contributed by atoms with van der Waals surface area (Å²) in [6, 6.07) is 14.6. The number of carbonyl (C=O) groups is 1. The Balaban J connectivity index is 1.74. The predicted molar refractivity (Wildman–Crippen MR) is 112 cm³/mol. The number of hydrogen-bond donors (Lipinski definition) is 1. The fourth-order valence-electron chi connectivity index (χ4n) is 3.43. The smallest absolute Gasteiger partial charge is 0.256 e. The second kappa shape index (κ2) is 9.00. The van der Waals surface area contributed by atoms with Gasteiger partial charge in [0.15, 0.2) is 11.5 Å². The van der Waals surface area contributed by atoms with Gasteiger partial charge in [0.1, 0.15) is 11.1 Å². The molecule has 4 rings (SSSR count). The van der Waals surface area contributed by atoms with E-state index in [0.717, 1.165) is 24.8 Å². The number of methoxy groups -OCH3 is 2. The topological polar surface area (TPSA) is 82.3 Å². The molecule has 0 spiro atoms. The Hall–Kier alpha value is -3.32. The number of rotatable bonds is 6. The lowest BCUT2D eigenvalue weighted by Crippen LogP contribution is -2.34. The van der Waals surface area contributed by atoms with Crippen molar-refractivity contribution in [2.45, 2.75) is 18.9 Å². The summed E-state index contributed by atoms with van der Waals surface area (Å²) in [5, 5.41) is 3.77. The zero-order valence-electron chi connectivity index (χ0n) is 17.0. The molecule has 0 radical (unpaired) electrons. The Bertz CT molecular complexity index is 1120. The summed E-state index contributed by atoms with van der Waals surface area (Å²) in [5.74, 6) is 0.893. The van der Waals surface area contributed by atoms with Crippen LogP contribution in [0.5, 0.6) is 11.5 Å². The monoisotopic (exact) mass is 408 g/mol. The zero-order valence-corrected chi connectivity index (χ0v) is 17.0. The molecule has 1 atom stereocenters. The average molecular weight is 408 g/mol. The number of fused-ring (bicyclic) bond motifs is 1. The van der Waals surface area contributed by atoms with Gasteiger partial charge in [-0.15, -0.1) is 0 Å². The van der Waals surface area contributed by atoms with Crippen LogP contribution in [0.15, 0.2) is 57.9 Å². The maximum absolute atomic E-state index is 12.9. The van der Waals surface area contributed by atoms with Crippen LogP contribution < -0.4 is 20.3 Å². The lowest BCUT2D eigenvalue weighted by atomic mass is 10.1. The van der Waals surface area contributed by atoms with Gasteiger partial charge >= 0.3 is 0 Å². The molecule has 1 N–H and O–H groups in total. The number of para-hydroxylation sites is 1. The van der Waals surface area contributed by atoms with Crippen molar-refractivity contribution in [3.63, 3.8) is 0 Å². The second-order valence-electron chi connectivity index (χ2n) is 7.00. The van der Waals surface area contributed by atoms with Gasteiger partial charge < -0.3 is 23.9 Å². The van der Waals surface area contributed by atoms with E-state index in [2.05, 4.69) is 10.3 Å². The third-order valence-corrected chi connectivity index (χ3v) is 5.01. The molecule has 1 amide bonds. The molecule has 3 aromatic rings. The number of amides is 1. The van der Waals surface area contributed by atoms with E-state index in [0.29, 0.717) is 34.9 Å². The third-order valence-electron chi connectivity index (χ3n) is 5.01. The Morgan fingerprint density at radius 3 is 2.73 bits per heavy atom. The van der Waals surface area contributed by atoms with Crippen molar-refractivity contribution in [1.82, 2.24) is 5.32 Å². The van der Waals surface area contributed by atoms with Crippen molar-refractivity contribution < 1.29 is 23.4 Å². The van der Waals surface area contributed by atoms with Gasteiger partial charge in [-0.1, -0.05) is 18.2 Å². The summed E-state index contributed by atoms with van der Waals surface area (Å²) < 4.78 is 22.2. The van der Waals surface area contributed by atoms with E-state index in [4.69, 9.17) is 18.6 Å². The van der Waals surface area contributed by atoms with Crippen molar-refractivity contribution in [3.05, 3.63) is 59.6 Å². The number of ether oxygens (including phenoxy) is 3. The van der Waals surface area contributed by atoms with Gasteiger partial charge in [-0.05, 0) is 37.1 Å². The Labute approximate surface area is 174 Å². The highest BCUT2D eigenvalue weighted by Crippen LogP contribution is 2.30. The summed E-state index contributed by atoms with van der Waals surface area (Å²) >= 11 is 0. The highest BCUT2D eigenvalue weighted by Gasteiger charge is 2.18. The zero-order chi connectivity index (χ0) is 20.9. The standard InChI is InChI=1S/C23H24N2O5/c1-27-20-10-9-16(13-21(20)28-2)25-23-18(12-15-6-3-4-8-19(15)30-23)22(26)24-14-17-7-5-11-29-17/h3-4,6,8-10,12-13,17H,5,7,11,14H2,1-2H3,(H,24,26)/t17-/m0/s1. The van der Waals surface area contributed by atoms with Crippen LogP contribution in [0.4, 0.5) is 5.69 Å². The maximum atomic E-state index is 12.9. The third kappa shape index (κ3) is 4.31. The first-order valence-electron chi connectivity index (χ1n) is 9.87. The van der Waals surface area contributed by atoms with E-state index in [-0.39, 0.29) is 17.6 Å². The van der Waals surface area contributed by atoms with Gasteiger partial charge in [0.25, 0.3) is 5.91 Å². The lowest BCUT2D eigenvalue weighted by Gasteiger charge is -2.11. The molecule has 30 heavy (non-hydrogen) atoms.